The van der Waals surface area contributed by atoms with Crippen molar-refractivity contribution in [3.05, 3.63) is 29.8 Å². The SMILES string of the molecule is CC(C)C[C@@H](C(=O)N1C[C@]2(C[C@H]1C#N)C(=O)Nc1ccccc12)N(C)C(=O)C(=O)NC1CC1. The number of likely N-dealkylation sites (N-methyl/N-ethyl adjacent to an activating group) is 1. The average molecular weight is 452 g/mol. The second-order valence-electron chi connectivity index (χ2n) is 9.71. The molecule has 1 spiro atoms. The molecule has 9 heteroatoms. The molecular weight excluding hydrogens is 422 g/mol. The molecular formula is C24H29N5O4. The number of rotatable bonds is 5. The Morgan fingerprint density at radius 1 is 1.30 bits per heavy atom. The van der Waals surface area contributed by atoms with Gasteiger partial charge in [0.25, 0.3) is 0 Å². The molecule has 3 atom stereocenters. The number of amides is 4. The Kier molecular flexibility index (Phi) is 5.87. The summed E-state index contributed by atoms with van der Waals surface area (Å²) in [6.45, 7) is 3.91. The number of carbonyl (C=O) groups is 4. The molecule has 1 aromatic carbocycles. The molecule has 2 N–H and O–H groups in total. The molecule has 0 unspecified atom stereocenters. The van der Waals surface area contributed by atoms with Gasteiger partial charge in [-0.05, 0) is 36.8 Å². The molecule has 2 heterocycles. The van der Waals surface area contributed by atoms with Crippen molar-refractivity contribution < 1.29 is 19.2 Å². The average Bonchev–Trinajstić information content (AvgIpc) is 3.45. The zero-order valence-electron chi connectivity index (χ0n) is 19.1. The van der Waals surface area contributed by atoms with Crippen LogP contribution in [0, 0.1) is 17.2 Å². The third-order valence-electron chi connectivity index (χ3n) is 6.79. The van der Waals surface area contributed by atoms with Crippen molar-refractivity contribution in [2.75, 3.05) is 18.9 Å². The first-order chi connectivity index (χ1) is 15.7. The quantitative estimate of drug-likeness (QED) is 0.651. The highest BCUT2D eigenvalue weighted by Gasteiger charge is 2.56. The number of likely N-dealkylation sites (tertiary alicyclic amines) is 1. The van der Waals surface area contributed by atoms with Crippen molar-refractivity contribution >= 4 is 29.3 Å². The molecule has 33 heavy (non-hydrogen) atoms. The number of hydrogen-bond donors (Lipinski definition) is 2. The van der Waals surface area contributed by atoms with Crippen LogP contribution in [0.25, 0.3) is 0 Å². The molecule has 4 rings (SSSR count). The van der Waals surface area contributed by atoms with E-state index in [1.165, 1.54) is 16.8 Å². The number of fused-ring (bicyclic) bond motifs is 2. The Morgan fingerprint density at radius 2 is 2.00 bits per heavy atom. The number of benzene rings is 1. The fourth-order valence-corrected chi connectivity index (χ4v) is 4.83. The number of hydrogen-bond acceptors (Lipinski definition) is 5. The highest BCUT2D eigenvalue weighted by molar-refractivity contribution is 6.35. The first kappa shape index (κ1) is 22.8. The number of nitriles is 1. The fourth-order valence-electron chi connectivity index (χ4n) is 4.83. The van der Waals surface area contributed by atoms with Crippen molar-refractivity contribution in [1.29, 1.82) is 5.26 Å². The second-order valence-corrected chi connectivity index (χ2v) is 9.71. The number of nitrogens with zero attached hydrogens (tertiary/aromatic N) is 3. The molecule has 0 aromatic heterocycles. The van der Waals surface area contributed by atoms with Crippen LogP contribution in [0.15, 0.2) is 24.3 Å². The summed E-state index contributed by atoms with van der Waals surface area (Å²) in [7, 11) is 1.45. The Hall–Kier alpha value is -3.41. The monoisotopic (exact) mass is 451 g/mol. The van der Waals surface area contributed by atoms with E-state index < -0.39 is 35.2 Å². The maximum atomic E-state index is 13.7. The van der Waals surface area contributed by atoms with Gasteiger partial charge in [-0.3, -0.25) is 19.2 Å². The van der Waals surface area contributed by atoms with Gasteiger partial charge in [-0.25, -0.2) is 0 Å². The van der Waals surface area contributed by atoms with E-state index in [2.05, 4.69) is 16.7 Å². The molecule has 1 saturated carbocycles. The summed E-state index contributed by atoms with van der Waals surface area (Å²) >= 11 is 0. The van der Waals surface area contributed by atoms with Crippen LogP contribution in [0.2, 0.25) is 0 Å². The summed E-state index contributed by atoms with van der Waals surface area (Å²) in [5, 5.41) is 15.4. The van der Waals surface area contributed by atoms with Gasteiger partial charge < -0.3 is 20.4 Å². The van der Waals surface area contributed by atoms with Crippen LogP contribution in [0.1, 0.15) is 45.1 Å². The van der Waals surface area contributed by atoms with Crippen molar-refractivity contribution in [3.63, 3.8) is 0 Å². The summed E-state index contributed by atoms with van der Waals surface area (Å²) in [4.78, 5) is 54.4. The Balaban J connectivity index is 1.60. The van der Waals surface area contributed by atoms with E-state index in [9.17, 15) is 24.4 Å². The molecule has 174 valence electrons. The minimum absolute atomic E-state index is 0.0245. The Morgan fingerprint density at radius 3 is 2.64 bits per heavy atom. The van der Waals surface area contributed by atoms with Crippen LogP contribution in [0.3, 0.4) is 0 Å². The lowest BCUT2D eigenvalue weighted by atomic mass is 9.80. The van der Waals surface area contributed by atoms with Crippen LogP contribution < -0.4 is 10.6 Å². The first-order valence-electron chi connectivity index (χ1n) is 11.4. The summed E-state index contributed by atoms with van der Waals surface area (Å²) in [5.41, 5.74) is 0.469. The van der Waals surface area contributed by atoms with Gasteiger partial charge in [0.1, 0.15) is 12.1 Å². The summed E-state index contributed by atoms with van der Waals surface area (Å²) < 4.78 is 0. The predicted molar refractivity (Wildman–Crippen MR) is 120 cm³/mol. The molecule has 1 aromatic rings. The van der Waals surface area contributed by atoms with Gasteiger partial charge in [0.05, 0.1) is 11.5 Å². The minimum Gasteiger partial charge on any atom is -0.345 e. The molecule has 9 nitrogen and oxygen atoms in total. The zero-order valence-corrected chi connectivity index (χ0v) is 19.1. The normalized spacial score (nSPS) is 24.3. The Bertz CT molecular complexity index is 1040. The lowest BCUT2D eigenvalue weighted by molar-refractivity contribution is -0.151. The second kappa shape index (κ2) is 8.50. The molecule has 1 aliphatic carbocycles. The van der Waals surface area contributed by atoms with E-state index in [-0.39, 0.29) is 30.8 Å². The number of carbonyl (C=O) groups excluding carboxylic acids is 4. The van der Waals surface area contributed by atoms with Gasteiger partial charge in [-0.15, -0.1) is 0 Å². The van der Waals surface area contributed by atoms with Crippen molar-refractivity contribution in [3.8, 4) is 6.07 Å². The third-order valence-corrected chi connectivity index (χ3v) is 6.79. The number of anilines is 1. The van der Waals surface area contributed by atoms with Gasteiger partial charge in [-0.2, -0.15) is 5.26 Å². The first-order valence-corrected chi connectivity index (χ1v) is 11.4. The standard InChI is InChI=1S/C24H29N5O4/c1-14(2)10-19(28(3)22(32)20(30)26-15-8-9-15)21(31)29-13-24(11-16(29)12-25)17-6-4-5-7-18(17)27-23(24)33/h4-7,14-16,19H,8-11,13H2,1-3H3,(H,26,30)(H,27,33)/t16-,19-,24-/m0/s1. The highest BCUT2D eigenvalue weighted by Crippen LogP contribution is 2.46. The molecule has 4 amide bonds. The van der Waals surface area contributed by atoms with Crippen LogP contribution >= 0.6 is 0 Å². The topological polar surface area (TPSA) is 123 Å². The smallest absolute Gasteiger partial charge is 0.312 e. The van der Waals surface area contributed by atoms with E-state index in [0.717, 1.165) is 18.4 Å². The maximum absolute atomic E-state index is 13.7. The summed E-state index contributed by atoms with van der Waals surface area (Å²) in [6, 6.07) is 7.78. The fraction of sp³-hybridized carbons (Fsp3) is 0.542. The summed E-state index contributed by atoms with van der Waals surface area (Å²) in [5.74, 6) is -2.08. The third kappa shape index (κ3) is 4.06. The molecule has 3 aliphatic rings. The molecule has 2 aliphatic heterocycles. The minimum atomic E-state index is -0.999. The largest absolute Gasteiger partial charge is 0.345 e. The van der Waals surface area contributed by atoms with Gasteiger partial charge in [0.15, 0.2) is 0 Å². The number of nitrogens with one attached hydrogen (secondary N) is 2. The molecule has 1 saturated heterocycles. The lowest BCUT2D eigenvalue weighted by Crippen LogP contribution is -2.54. The zero-order chi connectivity index (χ0) is 23.9. The van der Waals surface area contributed by atoms with E-state index in [1.54, 1.807) is 6.07 Å². The van der Waals surface area contributed by atoms with Crippen LogP contribution in [0.5, 0.6) is 0 Å². The van der Waals surface area contributed by atoms with Crippen LogP contribution in [-0.4, -0.2) is 65.1 Å². The molecule has 0 radical (unpaired) electrons. The van der Waals surface area contributed by atoms with E-state index in [0.29, 0.717) is 12.1 Å². The van der Waals surface area contributed by atoms with E-state index in [4.69, 9.17) is 0 Å². The summed E-state index contributed by atoms with van der Waals surface area (Å²) in [6.07, 6.45) is 2.22. The molecule has 2 fully saturated rings. The lowest BCUT2D eigenvalue weighted by Gasteiger charge is -2.33. The van der Waals surface area contributed by atoms with Gasteiger partial charge >= 0.3 is 11.8 Å². The number of para-hydroxylation sites is 1. The molecule has 0 bridgehead atoms. The van der Waals surface area contributed by atoms with E-state index in [1.807, 2.05) is 32.0 Å². The van der Waals surface area contributed by atoms with Crippen molar-refractivity contribution in [2.24, 2.45) is 5.92 Å². The van der Waals surface area contributed by atoms with Gasteiger partial charge in [-0.1, -0.05) is 32.0 Å². The maximum Gasteiger partial charge on any atom is 0.312 e. The highest BCUT2D eigenvalue weighted by atomic mass is 16.2. The van der Waals surface area contributed by atoms with Crippen molar-refractivity contribution in [2.45, 2.75) is 63.1 Å². The predicted octanol–water partition coefficient (Wildman–Crippen LogP) is 1.15. The van der Waals surface area contributed by atoms with E-state index >= 15 is 0 Å². The van der Waals surface area contributed by atoms with Gasteiger partial charge in [0, 0.05) is 31.7 Å². The Labute approximate surface area is 193 Å². The van der Waals surface area contributed by atoms with Crippen LogP contribution in [-0.2, 0) is 24.6 Å². The van der Waals surface area contributed by atoms with Gasteiger partial charge in [0.2, 0.25) is 11.8 Å². The van der Waals surface area contributed by atoms with Crippen LogP contribution in [0.4, 0.5) is 5.69 Å². The van der Waals surface area contributed by atoms with Crippen molar-refractivity contribution in [1.82, 2.24) is 15.1 Å².